The number of carbonyl (C=O) groups is 1. The predicted molar refractivity (Wildman–Crippen MR) is 138 cm³/mol. The molecule has 2 aromatic carbocycles. The number of nitrogens with one attached hydrogen (secondary N) is 2. The first-order valence-corrected chi connectivity index (χ1v) is 12.4. The van der Waals surface area contributed by atoms with Crippen molar-refractivity contribution in [2.24, 2.45) is 7.05 Å². The summed E-state index contributed by atoms with van der Waals surface area (Å²) in [6, 6.07) is 7.14. The maximum Gasteiger partial charge on any atom is 0.274 e. The van der Waals surface area contributed by atoms with Crippen LogP contribution in [-0.4, -0.2) is 52.5 Å². The van der Waals surface area contributed by atoms with Gasteiger partial charge in [-0.3, -0.25) is 9.48 Å². The molecule has 2 N–H and O–H groups in total. The third-order valence-corrected chi connectivity index (χ3v) is 7.06. The van der Waals surface area contributed by atoms with Crippen molar-refractivity contribution in [2.75, 3.05) is 30.4 Å². The first-order chi connectivity index (χ1) is 16.6. The zero-order chi connectivity index (χ0) is 24.9. The van der Waals surface area contributed by atoms with Gasteiger partial charge >= 0.3 is 0 Å². The summed E-state index contributed by atoms with van der Waals surface area (Å²) in [5.74, 6) is -0.840. The molecule has 1 amide bonds. The quantitative estimate of drug-likeness (QED) is 0.422. The van der Waals surface area contributed by atoms with Crippen LogP contribution in [0.15, 0.2) is 30.5 Å². The van der Waals surface area contributed by atoms with Gasteiger partial charge in [0, 0.05) is 49.0 Å². The summed E-state index contributed by atoms with van der Waals surface area (Å²) in [6.07, 6.45) is 2.75. The second-order valence-corrected chi connectivity index (χ2v) is 10.9. The summed E-state index contributed by atoms with van der Waals surface area (Å²) < 4.78 is 22.4. The Labute approximate surface area is 207 Å². The second kappa shape index (κ2) is 8.76. The summed E-state index contributed by atoms with van der Waals surface area (Å²) >= 11 is 1.42. The normalized spacial score (nSPS) is 16.4. The van der Waals surface area contributed by atoms with E-state index in [0.29, 0.717) is 33.4 Å². The van der Waals surface area contributed by atoms with E-state index >= 15 is 0 Å². The third kappa shape index (κ3) is 4.68. The molecule has 10 heteroatoms. The van der Waals surface area contributed by atoms with Gasteiger partial charge in [-0.15, -0.1) is 0 Å². The van der Waals surface area contributed by atoms with E-state index in [4.69, 9.17) is 4.74 Å². The number of nitrogens with zero attached hydrogens (tertiary/aromatic N) is 4. The van der Waals surface area contributed by atoms with E-state index in [-0.39, 0.29) is 17.0 Å². The van der Waals surface area contributed by atoms with Crippen LogP contribution in [0.2, 0.25) is 0 Å². The van der Waals surface area contributed by atoms with Crippen LogP contribution >= 0.6 is 11.3 Å². The van der Waals surface area contributed by atoms with Crippen molar-refractivity contribution in [3.8, 4) is 5.19 Å². The Hall–Kier alpha value is -3.24. The number of amides is 1. The lowest BCUT2D eigenvalue weighted by atomic mass is 10.1. The largest absolute Gasteiger partial charge is 0.473 e. The number of hydrogen-bond acceptors (Lipinski definition) is 7. The predicted octanol–water partition coefficient (Wildman–Crippen LogP) is 4.55. The molecule has 5 rings (SSSR count). The minimum atomic E-state index is -0.485. The van der Waals surface area contributed by atoms with E-state index in [0.717, 1.165) is 29.9 Å². The minimum Gasteiger partial charge on any atom is -0.473 e. The number of methoxy groups -OCH3 is 1. The smallest absolute Gasteiger partial charge is 0.274 e. The molecule has 1 saturated heterocycles. The molecule has 1 atom stereocenters. The van der Waals surface area contributed by atoms with E-state index in [9.17, 15) is 9.18 Å². The topological polar surface area (TPSA) is 84.3 Å². The van der Waals surface area contributed by atoms with E-state index in [2.05, 4.69) is 46.4 Å². The van der Waals surface area contributed by atoms with E-state index in [1.807, 2.05) is 6.07 Å². The van der Waals surface area contributed by atoms with Crippen molar-refractivity contribution < 1.29 is 13.9 Å². The Kier molecular flexibility index (Phi) is 5.88. The maximum absolute atomic E-state index is 14.5. The first-order valence-electron chi connectivity index (χ1n) is 11.6. The Morgan fingerprint density at radius 3 is 2.80 bits per heavy atom. The van der Waals surface area contributed by atoms with Gasteiger partial charge in [0.05, 0.1) is 23.1 Å². The summed E-state index contributed by atoms with van der Waals surface area (Å²) in [4.78, 5) is 20.2. The van der Waals surface area contributed by atoms with Crippen LogP contribution in [0.4, 0.5) is 15.8 Å². The number of carbonyl (C=O) groups excluding carboxylic acids is 1. The zero-order valence-corrected chi connectivity index (χ0v) is 21.3. The maximum atomic E-state index is 14.5. The monoisotopic (exact) mass is 496 g/mol. The summed E-state index contributed by atoms with van der Waals surface area (Å²) in [5, 5.41) is 11.7. The summed E-state index contributed by atoms with van der Waals surface area (Å²) in [7, 11) is 3.30. The molecule has 4 aromatic rings. The molecule has 1 aliphatic rings. The number of hydrogen-bond donors (Lipinski definition) is 2. The highest BCUT2D eigenvalue weighted by atomic mass is 32.1. The molecule has 0 spiro atoms. The molecule has 0 bridgehead atoms. The number of fused-ring (bicyclic) bond motifs is 2. The van der Waals surface area contributed by atoms with Gasteiger partial charge in [-0.1, -0.05) is 11.3 Å². The minimum absolute atomic E-state index is 0.0456. The van der Waals surface area contributed by atoms with Crippen LogP contribution in [0.1, 0.15) is 37.6 Å². The van der Waals surface area contributed by atoms with Gasteiger partial charge < -0.3 is 20.3 Å². The zero-order valence-electron chi connectivity index (χ0n) is 20.5. The van der Waals surface area contributed by atoms with E-state index in [1.165, 1.54) is 17.4 Å². The molecule has 1 aliphatic heterocycles. The number of aromatic nitrogens is 3. The lowest BCUT2D eigenvalue weighted by molar-refractivity contribution is 0.102. The highest BCUT2D eigenvalue weighted by molar-refractivity contribution is 7.21. The molecule has 0 aliphatic carbocycles. The van der Waals surface area contributed by atoms with Gasteiger partial charge in [0.1, 0.15) is 11.0 Å². The molecule has 1 fully saturated rings. The van der Waals surface area contributed by atoms with Gasteiger partial charge in [0.2, 0.25) is 0 Å². The lowest BCUT2D eigenvalue weighted by Gasteiger charge is -2.26. The van der Waals surface area contributed by atoms with Crippen LogP contribution < -0.4 is 20.3 Å². The van der Waals surface area contributed by atoms with Gasteiger partial charge in [-0.05, 0) is 51.5 Å². The van der Waals surface area contributed by atoms with Crippen molar-refractivity contribution in [1.29, 1.82) is 0 Å². The highest BCUT2D eigenvalue weighted by Crippen LogP contribution is 2.39. The van der Waals surface area contributed by atoms with Crippen molar-refractivity contribution >= 4 is 49.7 Å². The number of benzene rings is 2. The summed E-state index contributed by atoms with van der Waals surface area (Å²) in [5.41, 5.74) is 2.72. The Balaban J connectivity index is 1.45. The van der Waals surface area contributed by atoms with E-state index < -0.39 is 5.82 Å². The number of ether oxygens (including phenoxy) is 1. The van der Waals surface area contributed by atoms with Gasteiger partial charge in [0.15, 0.2) is 5.82 Å². The van der Waals surface area contributed by atoms with Gasteiger partial charge in [0.25, 0.3) is 11.1 Å². The number of halogens is 1. The molecule has 0 radical (unpaired) electrons. The molecule has 184 valence electrons. The Morgan fingerprint density at radius 1 is 1.26 bits per heavy atom. The van der Waals surface area contributed by atoms with Crippen molar-refractivity contribution in [1.82, 2.24) is 20.1 Å². The van der Waals surface area contributed by atoms with Gasteiger partial charge in [-0.2, -0.15) is 5.10 Å². The number of thiazole rings is 1. The molecule has 35 heavy (non-hydrogen) atoms. The van der Waals surface area contributed by atoms with Crippen LogP contribution in [0, 0.1) is 5.82 Å². The van der Waals surface area contributed by atoms with Gasteiger partial charge in [-0.25, -0.2) is 9.37 Å². The van der Waals surface area contributed by atoms with Crippen LogP contribution in [0.3, 0.4) is 0 Å². The number of anilines is 2. The average molecular weight is 497 g/mol. The fourth-order valence-electron chi connectivity index (χ4n) is 4.69. The van der Waals surface area contributed by atoms with Crippen LogP contribution in [0.5, 0.6) is 5.19 Å². The molecular formula is C25H29FN6O2S. The number of rotatable bonds is 5. The fourth-order valence-corrected chi connectivity index (χ4v) is 5.63. The highest BCUT2D eigenvalue weighted by Gasteiger charge is 2.28. The molecular weight excluding hydrogens is 467 g/mol. The Morgan fingerprint density at radius 2 is 2.06 bits per heavy atom. The summed E-state index contributed by atoms with van der Waals surface area (Å²) in [6.45, 7) is 8.31. The standard InChI is InChI=1S/C25H29FN6O2S/c1-25(2,3)29-15-8-9-32(13-15)19-7-6-17(21-22(19)35-24(28-21)34-5)23(33)27-16-10-14-12-31(4)30-20(14)18(26)11-16/h6-7,10-12,15,29H,8-9,13H2,1-5H3,(H,27,33)/t15-/m0/s1. The van der Waals surface area contributed by atoms with E-state index in [1.54, 1.807) is 37.2 Å². The molecule has 3 heterocycles. The van der Waals surface area contributed by atoms with Crippen molar-refractivity contribution in [2.45, 2.75) is 38.8 Å². The average Bonchev–Trinajstić information content (AvgIpc) is 3.49. The van der Waals surface area contributed by atoms with Crippen molar-refractivity contribution in [3.05, 3.63) is 41.8 Å². The first kappa shape index (κ1) is 23.5. The van der Waals surface area contributed by atoms with Crippen LogP contribution in [-0.2, 0) is 7.05 Å². The Bertz CT molecular complexity index is 1420. The fraction of sp³-hybridized carbons (Fsp3) is 0.400. The lowest BCUT2D eigenvalue weighted by Crippen LogP contribution is -2.44. The molecule has 0 unspecified atom stereocenters. The molecule has 8 nitrogen and oxygen atoms in total. The van der Waals surface area contributed by atoms with Crippen molar-refractivity contribution in [3.63, 3.8) is 0 Å². The molecule has 0 saturated carbocycles. The SMILES string of the molecule is COc1nc2c(C(=O)Nc3cc(F)c4nn(C)cc4c3)ccc(N3CC[C@H](NC(C)(C)C)C3)c2s1. The van der Waals surface area contributed by atoms with Crippen LogP contribution in [0.25, 0.3) is 21.1 Å². The third-order valence-electron chi connectivity index (χ3n) is 6.02. The molecule has 2 aromatic heterocycles. The second-order valence-electron chi connectivity index (χ2n) is 9.97. The number of aryl methyl sites for hydroxylation is 1.